The zero-order chi connectivity index (χ0) is 17.5. The van der Waals surface area contributed by atoms with Crippen molar-refractivity contribution in [3.05, 3.63) is 72.1 Å². The predicted octanol–water partition coefficient (Wildman–Crippen LogP) is 3.09. The molecule has 5 heteroatoms. The van der Waals surface area contributed by atoms with E-state index in [9.17, 15) is 4.79 Å². The average molecular weight is 344 g/mol. The van der Waals surface area contributed by atoms with Crippen LogP contribution in [0.4, 0.5) is 0 Å². The SMILES string of the molecule is O=C([C@H]1C[C@@H]1c1ccccc1)N1CCn2c(nnc2-c2ccccc2)C1. The Morgan fingerprint density at radius 3 is 2.42 bits per heavy atom. The molecule has 2 aromatic carbocycles. The minimum atomic E-state index is 0.125. The Morgan fingerprint density at radius 2 is 1.65 bits per heavy atom. The standard InChI is InChI=1S/C21H20N4O/c26-21(18-13-17(18)15-7-3-1-4-8-15)24-11-12-25-19(14-24)22-23-20(25)16-9-5-2-6-10-16/h1-10,17-18H,11-14H2/t17-,18+/m1/s1. The van der Waals surface area contributed by atoms with Crippen LogP contribution >= 0.6 is 0 Å². The van der Waals surface area contributed by atoms with E-state index in [2.05, 4.69) is 26.9 Å². The second kappa shape index (κ2) is 6.09. The smallest absolute Gasteiger partial charge is 0.226 e. The van der Waals surface area contributed by atoms with Crippen molar-refractivity contribution in [2.45, 2.75) is 25.4 Å². The van der Waals surface area contributed by atoms with Gasteiger partial charge in [0.05, 0.1) is 6.54 Å². The molecule has 1 aliphatic carbocycles. The summed E-state index contributed by atoms with van der Waals surface area (Å²) in [4.78, 5) is 14.8. The van der Waals surface area contributed by atoms with Gasteiger partial charge < -0.3 is 9.47 Å². The summed E-state index contributed by atoms with van der Waals surface area (Å²) in [7, 11) is 0. The number of amides is 1. The molecule has 0 bridgehead atoms. The zero-order valence-electron chi connectivity index (χ0n) is 14.5. The van der Waals surface area contributed by atoms with Crippen LogP contribution in [0.5, 0.6) is 0 Å². The lowest BCUT2D eigenvalue weighted by molar-refractivity contribution is -0.134. The second-order valence-electron chi connectivity index (χ2n) is 7.08. The minimum Gasteiger partial charge on any atom is -0.333 e. The molecule has 0 N–H and O–H groups in total. The van der Waals surface area contributed by atoms with Gasteiger partial charge in [0.1, 0.15) is 0 Å². The van der Waals surface area contributed by atoms with Gasteiger partial charge in [0.25, 0.3) is 0 Å². The molecule has 1 fully saturated rings. The van der Waals surface area contributed by atoms with E-state index in [-0.39, 0.29) is 11.8 Å². The molecule has 5 nitrogen and oxygen atoms in total. The molecule has 26 heavy (non-hydrogen) atoms. The van der Waals surface area contributed by atoms with Crippen LogP contribution in [-0.4, -0.2) is 32.1 Å². The van der Waals surface area contributed by atoms with Crippen molar-refractivity contribution in [3.8, 4) is 11.4 Å². The van der Waals surface area contributed by atoms with Gasteiger partial charge in [-0.25, -0.2) is 0 Å². The zero-order valence-corrected chi connectivity index (χ0v) is 14.5. The lowest BCUT2D eigenvalue weighted by Gasteiger charge is -2.28. The third-order valence-corrected chi connectivity index (χ3v) is 5.43. The van der Waals surface area contributed by atoms with Crippen LogP contribution in [-0.2, 0) is 17.9 Å². The molecule has 0 saturated heterocycles. The number of nitrogens with zero attached hydrogens (tertiary/aromatic N) is 4. The van der Waals surface area contributed by atoms with Crippen molar-refractivity contribution in [1.82, 2.24) is 19.7 Å². The van der Waals surface area contributed by atoms with E-state index in [1.807, 2.05) is 53.4 Å². The van der Waals surface area contributed by atoms with Crippen LogP contribution in [0, 0.1) is 5.92 Å². The minimum absolute atomic E-state index is 0.125. The molecule has 1 aliphatic heterocycles. The number of carbonyl (C=O) groups excluding carboxylic acids is 1. The number of aromatic nitrogens is 3. The third kappa shape index (κ3) is 2.60. The Bertz CT molecular complexity index is 935. The second-order valence-corrected chi connectivity index (χ2v) is 7.08. The molecular weight excluding hydrogens is 324 g/mol. The third-order valence-electron chi connectivity index (χ3n) is 5.43. The van der Waals surface area contributed by atoms with E-state index in [1.165, 1.54) is 5.56 Å². The average Bonchev–Trinajstić information content (AvgIpc) is 3.40. The van der Waals surface area contributed by atoms with Gasteiger partial charge >= 0.3 is 0 Å². The number of rotatable bonds is 3. The van der Waals surface area contributed by atoms with Crippen molar-refractivity contribution in [2.24, 2.45) is 5.92 Å². The van der Waals surface area contributed by atoms with Crippen molar-refractivity contribution >= 4 is 5.91 Å². The molecule has 5 rings (SSSR count). The number of hydrogen-bond donors (Lipinski definition) is 0. The largest absolute Gasteiger partial charge is 0.333 e. The van der Waals surface area contributed by atoms with Crippen molar-refractivity contribution in [2.75, 3.05) is 6.54 Å². The summed E-state index contributed by atoms with van der Waals surface area (Å²) in [6.45, 7) is 2.03. The van der Waals surface area contributed by atoms with Crippen LogP contribution in [0.15, 0.2) is 60.7 Å². The number of carbonyl (C=O) groups is 1. The highest BCUT2D eigenvalue weighted by Gasteiger charge is 2.46. The fourth-order valence-corrected chi connectivity index (χ4v) is 3.92. The van der Waals surface area contributed by atoms with Crippen molar-refractivity contribution in [1.29, 1.82) is 0 Å². The van der Waals surface area contributed by atoms with E-state index < -0.39 is 0 Å². The van der Waals surface area contributed by atoms with Gasteiger partial charge in [0.2, 0.25) is 5.91 Å². The Morgan fingerprint density at radius 1 is 0.923 bits per heavy atom. The van der Waals surface area contributed by atoms with Crippen LogP contribution in [0.2, 0.25) is 0 Å². The summed E-state index contributed by atoms with van der Waals surface area (Å²) in [6, 6.07) is 20.5. The maximum absolute atomic E-state index is 12.9. The molecule has 130 valence electrons. The first-order chi connectivity index (χ1) is 12.8. The Kier molecular flexibility index (Phi) is 3.59. The Labute approximate surface area is 152 Å². The Hall–Kier alpha value is -2.95. The summed E-state index contributed by atoms with van der Waals surface area (Å²) in [6.07, 6.45) is 0.960. The molecule has 0 unspecified atom stereocenters. The molecule has 2 atom stereocenters. The normalized spacial score (nSPS) is 21.3. The molecule has 1 saturated carbocycles. The lowest BCUT2D eigenvalue weighted by Crippen LogP contribution is -2.39. The monoisotopic (exact) mass is 344 g/mol. The molecule has 1 amide bonds. The van der Waals surface area contributed by atoms with Crippen LogP contribution in [0.3, 0.4) is 0 Å². The maximum atomic E-state index is 12.9. The number of fused-ring (bicyclic) bond motifs is 1. The van der Waals surface area contributed by atoms with Gasteiger partial charge in [-0.3, -0.25) is 4.79 Å². The fraction of sp³-hybridized carbons (Fsp3) is 0.286. The number of benzene rings is 2. The van der Waals surface area contributed by atoms with Crippen LogP contribution in [0.1, 0.15) is 23.7 Å². The van der Waals surface area contributed by atoms with Crippen LogP contribution < -0.4 is 0 Å². The summed E-state index contributed by atoms with van der Waals surface area (Å²) < 4.78 is 2.14. The quantitative estimate of drug-likeness (QED) is 0.734. The van der Waals surface area contributed by atoms with Crippen molar-refractivity contribution in [3.63, 3.8) is 0 Å². The molecular formula is C21H20N4O. The van der Waals surface area contributed by atoms with E-state index in [4.69, 9.17) is 0 Å². The van der Waals surface area contributed by atoms with Gasteiger partial charge in [0.15, 0.2) is 11.6 Å². The van der Waals surface area contributed by atoms with Gasteiger partial charge in [-0.1, -0.05) is 60.7 Å². The highest BCUT2D eigenvalue weighted by molar-refractivity contribution is 5.83. The van der Waals surface area contributed by atoms with Crippen LogP contribution in [0.25, 0.3) is 11.4 Å². The molecule has 3 aromatic rings. The summed E-state index contributed by atoms with van der Waals surface area (Å²) in [5.74, 6) is 2.53. The maximum Gasteiger partial charge on any atom is 0.226 e. The Balaban J connectivity index is 1.31. The highest BCUT2D eigenvalue weighted by atomic mass is 16.2. The first-order valence-corrected chi connectivity index (χ1v) is 9.12. The topological polar surface area (TPSA) is 51.0 Å². The number of hydrogen-bond acceptors (Lipinski definition) is 3. The molecule has 0 spiro atoms. The summed E-state index contributed by atoms with van der Waals surface area (Å²) in [5, 5.41) is 8.70. The predicted molar refractivity (Wildman–Crippen MR) is 98.2 cm³/mol. The highest BCUT2D eigenvalue weighted by Crippen LogP contribution is 2.48. The molecule has 2 heterocycles. The summed E-state index contributed by atoms with van der Waals surface area (Å²) in [5.41, 5.74) is 2.34. The van der Waals surface area contributed by atoms with E-state index in [0.717, 1.165) is 36.7 Å². The van der Waals surface area contributed by atoms with E-state index >= 15 is 0 Å². The molecule has 0 radical (unpaired) electrons. The van der Waals surface area contributed by atoms with E-state index in [0.29, 0.717) is 12.5 Å². The molecule has 1 aromatic heterocycles. The molecule has 2 aliphatic rings. The first kappa shape index (κ1) is 15.3. The van der Waals surface area contributed by atoms with E-state index in [1.54, 1.807) is 0 Å². The van der Waals surface area contributed by atoms with Gasteiger partial charge in [-0.15, -0.1) is 10.2 Å². The van der Waals surface area contributed by atoms with Crippen molar-refractivity contribution < 1.29 is 4.79 Å². The van der Waals surface area contributed by atoms with Gasteiger partial charge in [-0.2, -0.15) is 0 Å². The summed E-state index contributed by atoms with van der Waals surface area (Å²) >= 11 is 0. The first-order valence-electron chi connectivity index (χ1n) is 9.12. The van der Waals surface area contributed by atoms with Gasteiger partial charge in [-0.05, 0) is 17.9 Å². The lowest BCUT2D eigenvalue weighted by atomic mass is 10.1. The van der Waals surface area contributed by atoms with Gasteiger partial charge in [0, 0.05) is 24.6 Å². The fourth-order valence-electron chi connectivity index (χ4n) is 3.92.